The highest BCUT2D eigenvalue weighted by Crippen LogP contribution is 2.10. The maximum absolute atomic E-state index is 3.56. The van der Waals surface area contributed by atoms with E-state index in [4.69, 9.17) is 0 Å². The summed E-state index contributed by atoms with van der Waals surface area (Å²) in [6, 6.07) is 7.40. The van der Waals surface area contributed by atoms with E-state index in [1.807, 2.05) is 0 Å². The van der Waals surface area contributed by atoms with Crippen molar-refractivity contribution in [3.05, 3.63) is 34.9 Å². The molecule has 0 saturated carbocycles. The molecule has 2 rings (SSSR count). The average molecular weight is 232 g/mol. The summed E-state index contributed by atoms with van der Waals surface area (Å²) >= 11 is 0. The Morgan fingerprint density at radius 1 is 1.24 bits per heavy atom. The minimum Gasteiger partial charge on any atom is -0.313 e. The number of aryl methyl sites for hydroxylation is 2. The van der Waals surface area contributed by atoms with Gasteiger partial charge in [0.15, 0.2) is 0 Å². The van der Waals surface area contributed by atoms with Crippen molar-refractivity contribution in [1.82, 2.24) is 10.6 Å². The summed E-state index contributed by atoms with van der Waals surface area (Å²) in [5.74, 6) is 0. The smallest absolute Gasteiger partial charge is 0.0206 e. The highest BCUT2D eigenvalue weighted by Gasteiger charge is 2.11. The molecular formula is C15H24N2. The topological polar surface area (TPSA) is 24.1 Å². The van der Waals surface area contributed by atoms with Crippen LogP contribution in [0, 0.1) is 13.8 Å². The molecule has 0 aliphatic carbocycles. The first-order valence-corrected chi connectivity index (χ1v) is 6.76. The molecule has 1 heterocycles. The SMILES string of the molecule is Cc1ccc(CNCC2CCCCN2)cc1C. The number of nitrogens with one attached hydrogen (secondary N) is 2. The average Bonchev–Trinajstić information content (AvgIpc) is 2.35. The lowest BCUT2D eigenvalue weighted by Gasteiger charge is -2.23. The second-order valence-corrected chi connectivity index (χ2v) is 5.20. The van der Waals surface area contributed by atoms with E-state index in [1.54, 1.807) is 0 Å². The van der Waals surface area contributed by atoms with Gasteiger partial charge in [-0.15, -0.1) is 0 Å². The van der Waals surface area contributed by atoms with Crippen LogP contribution in [0.2, 0.25) is 0 Å². The van der Waals surface area contributed by atoms with Crippen LogP contribution in [0.4, 0.5) is 0 Å². The summed E-state index contributed by atoms with van der Waals surface area (Å²) in [7, 11) is 0. The molecule has 17 heavy (non-hydrogen) atoms. The van der Waals surface area contributed by atoms with Gasteiger partial charge in [-0.25, -0.2) is 0 Å². The van der Waals surface area contributed by atoms with Crippen LogP contribution >= 0.6 is 0 Å². The second-order valence-electron chi connectivity index (χ2n) is 5.20. The fraction of sp³-hybridized carbons (Fsp3) is 0.600. The third kappa shape index (κ3) is 3.83. The zero-order valence-corrected chi connectivity index (χ0v) is 11.1. The Balaban J connectivity index is 1.75. The van der Waals surface area contributed by atoms with E-state index in [0.717, 1.165) is 13.1 Å². The molecule has 1 aromatic rings. The fourth-order valence-corrected chi connectivity index (χ4v) is 2.40. The van der Waals surface area contributed by atoms with Crippen molar-refractivity contribution >= 4 is 0 Å². The number of hydrogen-bond donors (Lipinski definition) is 2. The molecule has 2 heteroatoms. The predicted octanol–water partition coefficient (Wildman–Crippen LogP) is 2.54. The van der Waals surface area contributed by atoms with Crippen molar-refractivity contribution in [3.8, 4) is 0 Å². The normalized spacial score (nSPS) is 20.5. The maximum Gasteiger partial charge on any atom is 0.0206 e. The predicted molar refractivity (Wildman–Crippen MR) is 73.3 cm³/mol. The van der Waals surface area contributed by atoms with Gasteiger partial charge >= 0.3 is 0 Å². The van der Waals surface area contributed by atoms with Gasteiger partial charge in [0.05, 0.1) is 0 Å². The van der Waals surface area contributed by atoms with Crippen LogP contribution < -0.4 is 10.6 Å². The van der Waals surface area contributed by atoms with E-state index in [1.165, 1.54) is 42.5 Å². The van der Waals surface area contributed by atoms with Crippen molar-refractivity contribution in [2.75, 3.05) is 13.1 Å². The van der Waals surface area contributed by atoms with Crippen LogP contribution in [0.5, 0.6) is 0 Å². The van der Waals surface area contributed by atoms with Crippen molar-refractivity contribution in [3.63, 3.8) is 0 Å². The maximum atomic E-state index is 3.56. The van der Waals surface area contributed by atoms with Crippen LogP contribution in [0.3, 0.4) is 0 Å². The van der Waals surface area contributed by atoms with Crippen LogP contribution in [0.25, 0.3) is 0 Å². The Kier molecular flexibility index (Phi) is 4.57. The minimum absolute atomic E-state index is 0.676. The number of benzene rings is 1. The Morgan fingerprint density at radius 3 is 2.82 bits per heavy atom. The van der Waals surface area contributed by atoms with Gasteiger partial charge in [-0.3, -0.25) is 0 Å². The van der Waals surface area contributed by atoms with Gasteiger partial charge in [-0.2, -0.15) is 0 Å². The summed E-state index contributed by atoms with van der Waals surface area (Å²) in [5, 5.41) is 7.12. The Bertz CT molecular complexity index is 354. The van der Waals surface area contributed by atoms with E-state index in [0.29, 0.717) is 6.04 Å². The lowest BCUT2D eigenvalue weighted by molar-refractivity contribution is 0.383. The first kappa shape index (κ1) is 12.6. The molecule has 1 saturated heterocycles. The first-order valence-electron chi connectivity index (χ1n) is 6.76. The Labute approximate surface area is 105 Å². The van der Waals surface area contributed by atoms with Gasteiger partial charge in [-0.05, 0) is 49.9 Å². The van der Waals surface area contributed by atoms with Gasteiger partial charge in [0.1, 0.15) is 0 Å². The van der Waals surface area contributed by atoms with Gasteiger partial charge in [-0.1, -0.05) is 24.6 Å². The molecule has 2 nitrogen and oxygen atoms in total. The van der Waals surface area contributed by atoms with Crippen LogP contribution in [0.15, 0.2) is 18.2 Å². The number of rotatable bonds is 4. The highest BCUT2D eigenvalue weighted by atomic mass is 15.0. The summed E-state index contributed by atoms with van der Waals surface area (Å²) in [6.45, 7) is 7.61. The lowest BCUT2D eigenvalue weighted by Crippen LogP contribution is -2.41. The van der Waals surface area contributed by atoms with E-state index in [2.05, 4.69) is 42.7 Å². The van der Waals surface area contributed by atoms with Crippen molar-refractivity contribution in [2.45, 2.75) is 45.7 Å². The van der Waals surface area contributed by atoms with Crippen LogP contribution in [0.1, 0.15) is 36.0 Å². The van der Waals surface area contributed by atoms with E-state index >= 15 is 0 Å². The molecule has 1 atom stereocenters. The number of hydrogen-bond acceptors (Lipinski definition) is 2. The van der Waals surface area contributed by atoms with Crippen molar-refractivity contribution in [1.29, 1.82) is 0 Å². The summed E-state index contributed by atoms with van der Waals surface area (Å²) in [5.41, 5.74) is 4.16. The second kappa shape index (κ2) is 6.18. The van der Waals surface area contributed by atoms with Gasteiger partial charge in [0.25, 0.3) is 0 Å². The monoisotopic (exact) mass is 232 g/mol. The molecule has 0 radical (unpaired) electrons. The Hall–Kier alpha value is -0.860. The van der Waals surface area contributed by atoms with Crippen LogP contribution in [-0.2, 0) is 6.54 Å². The summed E-state index contributed by atoms with van der Waals surface area (Å²) in [6.07, 6.45) is 4.04. The van der Waals surface area contributed by atoms with Crippen LogP contribution in [-0.4, -0.2) is 19.1 Å². The van der Waals surface area contributed by atoms with E-state index < -0.39 is 0 Å². The third-order valence-electron chi connectivity index (χ3n) is 3.70. The first-order chi connectivity index (χ1) is 8.25. The van der Waals surface area contributed by atoms with Gasteiger partial charge < -0.3 is 10.6 Å². The molecule has 1 aliphatic heterocycles. The van der Waals surface area contributed by atoms with E-state index in [-0.39, 0.29) is 0 Å². The molecule has 1 fully saturated rings. The van der Waals surface area contributed by atoms with Gasteiger partial charge in [0, 0.05) is 19.1 Å². The minimum atomic E-state index is 0.676. The molecule has 0 amide bonds. The molecule has 2 N–H and O–H groups in total. The molecule has 0 spiro atoms. The standard InChI is InChI=1S/C15H24N2/c1-12-6-7-14(9-13(12)2)10-16-11-15-5-3-4-8-17-15/h6-7,9,15-17H,3-5,8,10-11H2,1-2H3. The summed E-state index contributed by atoms with van der Waals surface area (Å²) < 4.78 is 0. The molecule has 1 aliphatic rings. The van der Waals surface area contributed by atoms with Gasteiger partial charge in [0.2, 0.25) is 0 Å². The molecule has 1 aromatic carbocycles. The molecular weight excluding hydrogens is 208 g/mol. The fourth-order valence-electron chi connectivity index (χ4n) is 2.40. The van der Waals surface area contributed by atoms with Crippen molar-refractivity contribution in [2.24, 2.45) is 0 Å². The molecule has 1 unspecified atom stereocenters. The van der Waals surface area contributed by atoms with Crippen molar-refractivity contribution < 1.29 is 0 Å². The molecule has 0 bridgehead atoms. The molecule has 94 valence electrons. The largest absolute Gasteiger partial charge is 0.313 e. The third-order valence-corrected chi connectivity index (χ3v) is 3.70. The lowest BCUT2D eigenvalue weighted by atomic mass is 10.0. The number of piperidine rings is 1. The quantitative estimate of drug-likeness (QED) is 0.833. The van der Waals surface area contributed by atoms with E-state index in [9.17, 15) is 0 Å². The Morgan fingerprint density at radius 2 is 2.12 bits per heavy atom. The highest BCUT2D eigenvalue weighted by molar-refractivity contribution is 5.29. The zero-order valence-electron chi connectivity index (χ0n) is 11.1. The molecule has 0 aromatic heterocycles. The summed E-state index contributed by atoms with van der Waals surface area (Å²) in [4.78, 5) is 0. The zero-order chi connectivity index (χ0) is 12.1.